The molecule has 41 heavy (non-hydrogen) atoms. The first-order valence-corrected chi connectivity index (χ1v) is 15.4. The van der Waals surface area contributed by atoms with Crippen molar-refractivity contribution in [3.8, 4) is 0 Å². The van der Waals surface area contributed by atoms with Gasteiger partial charge in [-0.25, -0.2) is 0 Å². The molecule has 2 aromatic carbocycles. The number of hydrogen-bond acceptors (Lipinski definition) is 5. The van der Waals surface area contributed by atoms with Crippen LogP contribution in [0.15, 0.2) is 45.3 Å². The van der Waals surface area contributed by atoms with Crippen LogP contribution >= 0.6 is 44.3 Å². The first-order chi connectivity index (χ1) is 18.8. The van der Waals surface area contributed by atoms with Crippen molar-refractivity contribution >= 4 is 62.4 Å². The Kier molecular flexibility index (Phi) is 14.5. The number of carbonyl (C=O) groups is 3. The van der Waals surface area contributed by atoms with Crippen molar-refractivity contribution < 1.29 is 14.4 Å². The van der Waals surface area contributed by atoms with Crippen LogP contribution in [0.25, 0.3) is 0 Å². The quantitative estimate of drug-likeness (QED) is 0.368. The van der Waals surface area contributed by atoms with Gasteiger partial charge in [0.1, 0.15) is 6.29 Å². The summed E-state index contributed by atoms with van der Waals surface area (Å²) in [5, 5.41) is 3.32. The van der Waals surface area contributed by atoms with Gasteiger partial charge >= 0.3 is 0 Å². The Morgan fingerprint density at radius 3 is 1.93 bits per heavy atom. The van der Waals surface area contributed by atoms with Crippen LogP contribution in [0.3, 0.4) is 0 Å². The van der Waals surface area contributed by atoms with Crippen molar-refractivity contribution in [3.63, 3.8) is 0 Å². The second kappa shape index (κ2) is 16.8. The Balaban J connectivity index is 0.000000235. The maximum Gasteiger partial charge on any atom is 0.254 e. The molecule has 0 aromatic heterocycles. The lowest BCUT2D eigenvalue weighted by atomic mass is 10.1. The van der Waals surface area contributed by atoms with E-state index in [9.17, 15) is 14.4 Å². The summed E-state index contributed by atoms with van der Waals surface area (Å²) >= 11 is 6.81. The zero-order valence-electron chi connectivity index (χ0n) is 23.2. The van der Waals surface area contributed by atoms with E-state index in [-0.39, 0.29) is 38.2 Å². The molecule has 4 aliphatic heterocycles. The number of fused-ring (bicyclic) bond motifs is 2. The molecule has 0 aliphatic carbocycles. The molecule has 7 nitrogen and oxygen atoms in total. The molecule has 4 heterocycles. The molecule has 2 fully saturated rings. The van der Waals surface area contributed by atoms with Crippen LogP contribution in [-0.2, 0) is 17.9 Å². The number of carbonyl (C=O) groups excluding carboxylic acids is 3. The van der Waals surface area contributed by atoms with Crippen LogP contribution in [0.1, 0.15) is 78.8 Å². The van der Waals surface area contributed by atoms with Gasteiger partial charge in [-0.05, 0) is 100 Å². The van der Waals surface area contributed by atoms with Crippen molar-refractivity contribution in [1.82, 2.24) is 20.0 Å². The number of halogens is 3. The van der Waals surface area contributed by atoms with E-state index in [1.807, 2.05) is 29.2 Å². The standard InChI is InChI=1S/C15H19BrN2O.C10H8BrNO2.C5H11N.CH4.ClH/c1-11-3-2-6-17(11)7-8-18-10-12-9-13(16)4-5-14(12)15(18)19;11-8-1-2-9-7(5-8)6-12(3-4-13)10(9)14;1-5-3-2-4-6-5;;/h4-5,9,11H,2-3,6-8,10H2,1H3;1-2,4-5H,3,6H2;5-6H,2-4H2,1H3;1H4;1H/t11-;;5-;;/m1.1../s1. The fraction of sp³-hybridized carbons (Fsp3) is 0.516. The highest BCUT2D eigenvalue weighted by Crippen LogP contribution is 2.27. The molecular formula is C31H43Br2ClN4O3. The van der Waals surface area contributed by atoms with E-state index in [2.05, 4.69) is 62.0 Å². The van der Waals surface area contributed by atoms with Crippen molar-refractivity contribution in [3.05, 3.63) is 67.6 Å². The van der Waals surface area contributed by atoms with E-state index in [0.717, 1.165) is 57.6 Å². The first kappa shape index (κ1) is 35.4. The van der Waals surface area contributed by atoms with E-state index >= 15 is 0 Å². The lowest BCUT2D eigenvalue weighted by Crippen LogP contribution is -2.36. The summed E-state index contributed by atoms with van der Waals surface area (Å²) in [6, 6.07) is 12.9. The molecule has 2 aromatic rings. The minimum absolute atomic E-state index is 0. The van der Waals surface area contributed by atoms with Gasteiger partial charge in [-0.3, -0.25) is 14.5 Å². The summed E-state index contributed by atoms with van der Waals surface area (Å²) in [6.45, 7) is 10.2. The highest BCUT2D eigenvalue weighted by Gasteiger charge is 2.29. The van der Waals surface area contributed by atoms with Crippen LogP contribution in [-0.4, -0.2) is 77.6 Å². The second-order valence-electron chi connectivity index (χ2n) is 10.7. The molecule has 2 saturated heterocycles. The van der Waals surface area contributed by atoms with Crippen LogP contribution in [0.5, 0.6) is 0 Å². The minimum atomic E-state index is -0.0559. The Morgan fingerprint density at radius 2 is 1.46 bits per heavy atom. The number of aldehydes is 1. The lowest BCUT2D eigenvalue weighted by molar-refractivity contribution is -0.108. The minimum Gasteiger partial charge on any atom is -0.333 e. The fourth-order valence-electron chi connectivity index (χ4n) is 5.55. The summed E-state index contributed by atoms with van der Waals surface area (Å²) in [5.41, 5.74) is 3.70. The molecule has 1 N–H and O–H groups in total. The van der Waals surface area contributed by atoms with Crippen LogP contribution in [0.4, 0.5) is 0 Å². The Morgan fingerprint density at radius 1 is 0.878 bits per heavy atom. The number of likely N-dealkylation sites (tertiary alicyclic amines) is 1. The Bertz CT molecular complexity index is 1190. The zero-order valence-corrected chi connectivity index (χ0v) is 27.2. The molecule has 6 rings (SSSR count). The summed E-state index contributed by atoms with van der Waals surface area (Å²) in [6.07, 6.45) is 6.09. The molecule has 0 radical (unpaired) electrons. The van der Waals surface area contributed by atoms with E-state index in [0.29, 0.717) is 18.2 Å². The first-order valence-electron chi connectivity index (χ1n) is 13.8. The number of rotatable bonds is 5. The molecule has 10 heteroatoms. The van der Waals surface area contributed by atoms with Crippen LogP contribution in [0, 0.1) is 0 Å². The lowest BCUT2D eigenvalue weighted by Gasteiger charge is -2.24. The third kappa shape index (κ3) is 9.35. The van der Waals surface area contributed by atoms with E-state index in [4.69, 9.17) is 0 Å². The van der Waals surface area contributed by atoms with Crippen molar-refractivity contribution in [1.29, 1.82) is 0 Å². The normalized spacial score (nSPS) is 20.7. The molecule has 4 aliphatic rings. The average Bonchev–Trinajstić information content (AvgIpc) is 3.68. The molecule has 2 amide bonds. The SMILES string of the molecule is C.C[C@@H]1CCCN1.C[C@@H]1CCCN1CCN1Cc2cc(Br)ccc2C1=O.Cl.O=CCN1Cc2cc(Br)ccc2C1=O. The van der Waals surface area contributed by atoms with Crippen molar-refractivity contribution in [2.24, 2.45) is 0 Å². The predicted molar refractivity (Wildman–Crippen MR) is 175 cm³/mol. The largest absolute Gasteiger partial charge is 0.333 e. The molecule has 0 spiro atoms. The van der Waals surface area contributed by atoms with Gasteiger partial charge in [-0.1, -0.05) is 39.3 Å². The molecule has 0 unspecified atom stereocenters. The van der Waals surface area contributed by atoms with E-state index in [1.54, 1.807) is 6.07 Å². The van der Waals surface area contributed by atoms with Crippen molar-refractivity contribution in [2.75, 3.05) is 32.7 Å². The van der Waals surface area contributed by atoms with Crippen LogP contribution in [0.2, 0.25) is 0 Å². The van der Waals surface area contributed by atoms with Gasteiger partial charge in [-0.15, -0.1) is 12.4 Å². The summed E-state index contributed by atoms with van der Waals surface area (Å²) in [4.78, 5) is 40.3. The predicted octanol–water partition coefficient (Wildman–Crippen LogP) is 6.31. The molecule has 0 bridgehead atoms. The summed E-state index contributed by atoms with van der Waals surface area (Å²) < 4.78 is 2.01. The van der Waals surface area contributed by atoms with Crippen molar-refractivity contribution in [2.45, 2.75) is 72.1 Å². The van der Waals surface area contributed by atoms with Gasteiger partial charge in [0.25, 0.3) is 11.8 Å². The third-order valence-electron chi connectivity index (χ3n) is 7.84. The maximum absolute atomic E-state index is 12.3. The molecule has 0 saturated carbocycles. The average molecular weight is 715 g/mol. The smallest absolute Gasteiger partial charge is 0.254 e. The molecular weight excluding hydrogens is 672 g/mol. The number of nitrogens with zero attached hydrogens (tertiary/aromatic N) is 3. The zero-order chi connectivity index (χ0) is 27.9. The van der Waals surface area contributed by atoms with E-state index in [1.165, 1.54) is 43.7 Å². The maximum atomic E-state index is 12.3. The summed E-state index contributed by atoms with van der Waals surface area (Å²) in [7, 11) is 0. The van der Waals surface area contributed by atoms with Gasteiger partial charge in [0.2, 0.25) is 0 Å². The number of amides is 2. The van der Waals surface area contributed by atoms with Crippen LogP contribution < -0.4 is 5.32 Å². The Hall–Kier alpha value is -1.78. The third-order valence-corrected chi connectivity index (χ3v) is 8.83. The molecule has 226 valence electrons. The monoisotopic (exact) mass is 712 g/mol. The van der Waals surface area contributed by atoms with E-state index < -0.39 is 0 Å². The number of hydrogen-bond donors (Lipinski definition) is 1. The van der Waals surface area contributed by atoms with Gasteiger partial charge in [0.05, 0.1) is 6.54 Å². The Labute approximate surface area is 268 Å². The van der Waals surface area contributed by atoms with Gasteiger partial charge in [0.15, 0.2) is 0 Å². The van der Waals surface area contributed by atoms with Gasteiger partial charge in [0, 0.05) is 58.3 Å². The summed E-state index contributed by atoms with van der Waals surface area (Å²) in [5.74, 6) is 0.133. The fourth-order valence-corrected chi connectivity index (χ4v) is 6.37. The highest BCUT2D eigenvalue weighted by molar-refractivity contribution is 9.10. The highest BCUT2D eigenvalue weighted by atomic mass is 79.9. The van der Waals surface area contributed by atoms with Gasteiger partial charge in [-0.2, -0.15) is 0 Å². The van der Waals surface area contributed by atoms with Gasteiger partial charge < -0.3 is 19.9 Å². The second-order valence-corrected chi connectivity index (χ2v) is 12.5. The number of benzene rings is 2. The topological polar surface area (TPSA) is 73.0 Å². The molecule has 2 atom stereocenters. The number of nitrogens with one attached hydrogen (secondary N) is 1.